The Morgan fingerprint density at radius 2 is 2.26 bits per heavy atom. The highest BCUT2D eigenvalue weighted by atomic mass is 32.2. The van der Waals surface area contributed by atoms with Gasteiger partial charge in [0.2, 0.25) is 0 Å². The van der Waals surface area contributed by atoms with Crippen LogP contribution in [0.5, 0.6) is 0 Å². The van der Waals surface area contributed by atoms with Gasteiger partial charge in [0.05, 0.1) is 23.4 Å². The Morgan fingerprint density at radius 3 is 2.83 bits per heavy atom. The predicted molar refractivity (Wildman–Crippen MR) is 83.0 cm³/mol. The number of carbonyl (C=O) groups is 1. The smallest absolute Gasteiger partial charge is 0.321 e. The van der Waals surface area contributed by atoms with Crippen LogP contribution in [0, 0.1) is 0 Å². The average Bonchev–Trinajstić information content (AvgIpc) is 3.16. The van der Waals surface area contributed by atoms with E-state index in [2.05, 4.69) is 20.4 Å². The zero-order chi connectivity index (χ0) is 16.4. The monoisotopic (exact) mass is 336 g/mol. The van der Waals surface area contributed by atoms with E-state index in [0.29, 0.717) is 17.9 Å². The topological polar surface area (TPSA) is 110 Å². The summed E-state index contributed by atoms with van der Waals surface area (Å²) in [7, 11) is -1.43. The van der Waals surface area contributed by atoms with Crippen LogP contribution in [0.3, 0.4) is 0 Å². The molecule has 3 heterocycles. The number of carbonyl (C=O) groups excluding carboxylic acids is 1. The standard InChI is InChI=1S/C13H16N6O3S/c1-18(11-4-5-23(21,22)7-11)13(20)17-10-2-3-12(15-6-10)19-9-14-8-16-19/h2-3,6,8-9,11H,4-5,7H2,1H3,(H,17,20)/t11-/m1/s1. The summed E-state index contributed by atoms with van der Waals surface area (Å²) in [5, 5.41) is 6.66. The molecule has 0 aliphatic carbocycles. The Kier molecular flexibility index (Phi) is 3.99. The van der Waals surface area contributed by atoms with E-state index in [4.69, 9.17) is 0 Å². The number of pyridine rings is 1. The molecule has 0 radical (unpaired) electrons. The van der Waals surface area contributed by atoms with Crippen LogP contribution >= 0.6 is 0 Å². The highest BCUT2D eigenvalue weighted by Gasteiger charge is 2.32. The predicted octanol–water partition coefficient (Wildman–Crippen LogP) is 0.313. The SMILES string of the molecule is CN(C(=O)Nc1ccc(-n2cncn2)nc1)[C@@H]1CCS(=O)(=O)C1. The van der Waals surface area contributed by atoms with E-state index in [9.17, 15) is 13.2 Å². The van der Waals surface area contributed by atoms with Crippen molar-refractivity contribution in [1.82, 2.24) is 24.6 Å². The number of hydrogen-bond acceptors (Lipinski definition) is 6. The molecule has 1 aliphatic rings. The molecule has 0 bridgehead atoms. The fourth-order valence-corrected chi connectivity index (χ4v) is 4.15. The second kappa shape index (κ2) is 5.95. The zero-order valence-electron chi connectivity index (χ0n) is 12.5. The van der Waals surface area contributed by atoms with Crippen molar-refractivity contribution in [2.75, 3.05) is 23.9 Å². The molecule has 2 aromatic rings. The third-order valence-corrected chi connectivity index (χ3v) is 5.48. The van der Waals surface area contributed by atoms with Crippen LogP contribution in [0.15, 0.2) is 31.0 Å². The maximum Gasteiger partial charge on any atom is 0.321 e. The van der Waals surface area contributed by atoms with E-state index in [1.165, 1.54) is 28.4 Å². The summed E-state index contributed by atoms with van der Waals surface area (Å²) in [6.45, 7) is 0. The van der Waals surface area contributed by atoms with E-state index in [1.54, 1.807) is 19.2 Å². The first-order valence-electron chi connectivity index (χ1n) is 7.00. The van der Waals surface area contributed by atoms with Gasteiger partial charge < -0.3 is 10.2 Å². The molecule has 1 N–H and O–H groups in total. The summed E-state index contributed by atoms with van der Waals surface area (Å²) in [6.07, 6.45) is 4.90. The molecule has 9 nitrogen and oxygen atoms in total. The Bertz CT molecular complexity index is 788. The number of nitrogens with one attached hydrogen (secondary N) is 1. The number of urea groups is 1. The van der Waals surface area contributed by atoms with Gasteiger partial charge in [-0.2, -0.15) is 5.10 Å². The third-order valence-electron chi connectivity index (χ3n) is 3.73. The fraction of sp³-hybridized carbons (Fsp3) is 0.385. The van der Waals surface area contributed by atoms with Gasteiger partial charge in [0.15, 0.2) is 15.7 Å². The lowest BCUT2D eigenvalue weighted by atomic mass is 10.2. The minimum Gasteiger partial charge on any atom is -0.324 e. The van der Waals surface area contributed by atoms with Gasteiger partial charge in [-0.05, 0) is 18.6 Å². The molecule has 122 valence electrons. The zero-order valence-corrected chi connectivity index (χ0v) is 13.3. The van der Waals surface area contributed by atoms with Gasteiger partial charge in [-0.15, -0.1) is 0 Å². The minimum absolute atomic E-state index is 0.0143. The molecule has 1 fully saturated rings. The second-order valence-corrected chi connectivity index (χ2v) is 7.57. The molecule has 2 aromatic heterocycles. The van der Waals surface area contributed by atoms with E-state index < -0.39 is 9.84 Å². The molecule has 0 unspecified atom stereocenters. The molecule has 0 aromatic carbocycles. The van der Waals surface area contributed by atoms with Crippen molar-refractivity contribution in [1.29, 1.82) is 0 Å². The second-order valence-electron chi connectivity index (χ2n) is 5.34. The maximum atomic E-state index is 12.2. The number of anilines is 1. The van der Waals surface area contributed by atoms with Crippen molar-refractivity contribution in [2.24, 2.45) is 0 Å². The largest absolute Gasteiger partial charge is 0.324 e. The molecular formula is C13H16N6O3S. The summed E-state index contributed by atoms with van der Waals surface area (Å²) in [4.78, 5) is 21.6. The minimum atomic E-state index is -3.03. The highest BCUT2D eigenvalue weighted by Crippen LogP contribution is 2.17. The van der Waals surface area contributed by atoms with Crippen molar-refractivity contribution in [3.05, 3.63) is 31.0 Å². The van der Waals surface area contributed by atoms with E-state index in [1.807, 2.05) is 0 Å². The van der Waals surface area contributed by atoms with Crippen molar-refractivity contribution in [3.63, 3.8) is 0 Å². The summed E-state index contributed by atoms with van der Waals surface area (Å²) in [6, 6.07) is 2.75. The first-order chi connectivity index (χ1) is 10.9. The van der Waals surface area contributed by atoms with Crippen LogP contribution in [0.1, 0.15) is 6.42 Å². The molecule has 3 rings (SSSR count). The van der Waals surface area contributed by atoms with Gasteiger partial charge in [-0.25, -0.2) is 27.9 Å². The first kappa shape index (κ1) is 15.4. The van der Waals surface area contributed by atoms with Crippen molar-refractivity contribution in [3.8, 4) is 5.82 Å². The Labute approximate surface area is 133 Å². The van der Waals surface area contributed by atoms with E-state index in [-0.39, 0.29) is 23.6 Å². The van der Waals surface area contributed by atoms with Gasteiger partial charge in [0.25, 0.3) is 0 Å². The summed E-state index contributed by atoms with van der Waals surface area (Å²) in [5.41, 5.74) is 0.520. The molecular weight excluding hydrogens is 320 g/mol. The first-order valence-corrected chi connectivity index (χ1v) is 8.82. The molecule has 1 aliphatic heterocycles. The molecule has 1 atom stereocenters. The number of nitrogens with zero attached hydrogens (tertiary/aromatic N) is 5. The van der Waals surface area contributed by atoms with Gasteiger partial charge in [-0.3, -0.25) is 0 Å². The van der Waals surface area contributed by atoms with Crippen LogP contribution in [-0.2, 0) is 9.84 Å². The average molecular weight is 336 g/mol. The maximum absolute atomic E-state index is 12.2. The van der Waals surface area contributed by atoms with Crippen molar-refractivity contribution in [2.45, 2.75) is 12.5 Å². The number of hydrogen-bond donors (Lipinski definition) is 1. The van der Waals surface area contributed by atoms with Crippen LogP contribution in [0.25, 0.3) is 5.82 Å². The Balaban J connectivity index is 1.64. The Morgan fingerprint density at radius 1 is 1.43 bits per heavy atom. The summed E-state index contributed by atoms with van der Waals surface area (Å²) < 4.78 is 24.5. The lowest BCUT2D eigenvalue weighted by Crippen LogP contribution is -2.40. The van der Waals surface area contributed by atoms with Crippen LogP contribution in [0.2, 0.25) is 0 Å². The number of rotatable bonds is 3. The van der Waals surface area contributed by atoms with Crippen molar-refractivity contribution < 1.29 is 13.2 Å². The quantitative estimate of drug-likeness (QED) is 0.864. The number of sulfone groups is 1. The van der Waals surface area contributed by atoms with Crippen LogP contribution < -0.4 is 5.32 Å². The van der Waals surface area contributed by atoms with Crippen molar-refractivity contribution >= 4 is 21.6 Å². The van der Waals surface area contributed by atoms with Gasteiger partial charge in [-0.1, -0.05) is 0 Å². The summed E-state index contributed by atoms with van der Waals surface area (Å²) >= 11 is 0. The van der Waals surface area contributed by atoms with Crippen LogP contribution in [-0.4, -0.2) is 63.7 Å². The molecule has 23 heavy (non-hydrogen) atoms. The van der Waals surface area contributed by atoms with Crippen LogP contribution in [0.4, 0.5) is 10.5 Å². The lowest BCUT2D eigenvalue weighted by Gasteiger charge is -2.23. The van der Waals surface area contributed by atoms with Gasteiger partial charge >= 0.3 is 6.03 Å². The Hall–Kier alpha value is -2.49. The molecule has 0 saturated carbocycles. The fourth-order valence-electron chi connectivity index (χ4n) is 2.38. The number of amides is 2. The molecule has 0 spiro atoms. The molecule has 10 heteroatoms. The lowest BCUT2D eigenvalue weighted by molar-refractivity contribution is 0.209. The molecule has 1 saturated heterocycles. The number of aromatic nitrogens is 4. The third kappa shape index (κ3) is 3.47. The highest BCUT2D eigenvalue weighted by molar-refractivity contribution is 7.91. The van der Waals surface area contributed by atoms with Gasteiger partial charge in [0, 0.05) is 13.1 Å². The normalized spacial score (nSPS) is 19.4. The molecule has 2 amide bonds. The summed E-state index contributed by atoms with van der Waals surface area (Å²) in [5.74, 6) is 0.722. The van der Waals surface area contributed by atoms with E-state index >= 15 is 0 Å². The van der Waals surface area contributed by atoms with E-state index in [0.717, 1.165) is 0 Å². The van der Waals surface area contributed by atoms with Gasteiger partial charge in [0.1, 0.15) is 12.7 Å².